The summed E-state index contributed by atoms with van der Waals surface area (Å²) in [4.78, 5) is 9.39. The molecule has 0 fully saturated rings. The third-order valence-electron chi connectivity index (χ3n) is 0.285. The Morgan fingerprint density at radius 2 is 1.75 bits per heavy atom. The summed E-state index contributed by atoms with van der Waals surface area (Å²) in [5.41, 5.74) is 0. The van der Waals surface area contributed by atoms with Crippen molar-refractivity contribution in [3.05, 3.63) is 6.92 Å². The maximum absolute atomic E-state index is 9.39. The van der Waals surface area contributed by atoms with Crippen LogP contribution in [0.25, 0.3) is 0 Å². The quantitative estimate of drug-likeness (QED) is 0.501. The van der Waals surface area contributed by atoms with Gasteiger partial charge in [-0.3, -0.25) is 4.79 Å². The molecule has 0 aromatic heterocycles. The summed E-state index contributed by atoms with van der Waals surface area (Å²) in [5.74, 6) is -1.30. The van der Waals surface area contributed by atoms with Crippen molar-refractivity contribution < 1.29 is 61.2 Å². The first-order valence-corrected chi connectivity index (χ1v) is 1.38. The molecule has 3 nitrogen and oxygen atoms in total. The molecule has 0 spiro atoms. The number of carboxylic acids is 1. The predicted molar refractivity (Wildman–Crippen MR) is 20.1 cm³/mol. The Bertz CT molecular complexity index is 68.1. The Morgan fingerprint density at radius 3 is 1.75 bits per heavy atom. The zero-order valence-electron chi connectivity index (χ0n) is 4.69. The maximum Gasteiger partial charge on any atom is 1.00 e. The van der Waals surface area contributed by atoms with Crippen LogP contribution in [0.5, 0.6) is 0 Å². The van der Waals surface area contributed by atoms with Gasteiger partial charge in [0.15, 0.2) is 0 Å². The SMILES string of the molecule is [Ag+].[Ag+].[CH2-]C(O)C(=O)O.[H+]. The maximum atomic E-state index is 9.39. The van der Waals surface area contributed by atoms with Crippen LogP contribution in [0.2, 0.25) is 0 Å². The van der Waals surface area contributed by atoms with Crippen molar-refractivity contribution in [2.75, 3.05) is 0 Å². The molecular formula is C3H6Ag2O3+2. The number of carbonyl (C=O) groups is 1. The summed E-state index contributed by atoms with van der Waals surface area (Å²) < 4.78 is 0. The van der Waals surface area contributed by atoms with E-state index in [2.05, 4.69) is 6.92 Å². The molecule has 0 saturated heterocycles. The standard InChI is InChI=1S/C3H5O3.2Ag/c1-2(4)3(5)6;;/h2,4H,1H2,(H,5,6);;/q-1;2*+1/p+1. The van der Waals surface area contributed by atoms with E-state index >= 15 is 0 Å². The summed E-state index contributed by atoms with van der Waals surface area (Å²) in [5, 5.41) is 15.6. The molecular weight excluding hydrogens is 300 g/mol. The van der Waals surface area contributed by atoms with Crippen LogP contribution in [-0.4, -0.2) is 22.3 Å². The number of hydrogen-bond acceptors (Lipinski definition) is 2. The second kappa shape index (κ2) is 7.91. The Hall–Kier alpha value is 0.911. The van der Waals surface area contributed by atoms with E-state index in [1.807, 2.05) is 0 Å². The number of hydrogen-bond donors (Lipinski definition) is 2. The second-order valence-corrected chi connectivity index (χ2v) is 0.854. The zero-order chi connectivity index (χ0) is 5.15. The molecule has 5 heteroatoms. The van der Waals surface area contributed by atoms with Gasteiger partial charge in [0.1, 0.15) is 0 Å². The monoisotopic (exact) mass is 304 g/mol. The smallest absolute Gasteiger partial charge is 0.481 e. The molecule has 0 aromatic carbocycles. The Balaban J connectivity index is -0.0000000417. The van der Waals surface area contributed by atoms with Crippen LogP contribution >= 0.6 is 0 Å². The fourth-order valence-electron chi connectivity index (χ4n) is 0. The topological polar surface area (TPSA) is 57.5 Å². The van der Waals surface area contributed by atoms with E-state index in [1.54, 1.807) is 0 Å². The summed E-state index contributed by atoms with van der Waals surface area (Å²) in [7, 11) is 0. The van der Waals surface area contributed by atoms with E-state index in [-0.39, 0.29) is 46.2 Å². The molecule has 56 valence electrons. The van der Waals surface area contributed by atoms with Crippen LogP contribution in [0.1, 0.15) is 1.43 Å². The number of carboxylic acid groups (broad SMARTS) is 1. The summed E-state index contributed by atoms with van der Waals surface area (Å²) >= 11 is 0. The van der Waals surface area contributed by atoms with Gasteiger partial charge in [-0.15, -0.1) is 0 Å². The number of aliphatic hydroxyl groups excluding tert-OH is 1. The van der Waals surface area contributed by atoms with E-state index in [9.17, 15) is 4.79 Å². The molecule has 0 bridgehead atoms. The van der Waals surface area contributed by atoms with E-state index < -0.39 is 12.1 Å². The molecule has 0 aromatic rings. The molecule has 1 unspecified atom stereocenters. The first-order valence-electron chi connectivity index (χ1n) is 1.38. The Morgan fingerprint density at radius 1 is 1.62 bits per heavy atom. The van der Waals surface area contributed by atoms with E-state index in [0.717, 1.165) is 0 Å². The third-order valence-corrected chi connectivity index (χ3v) is 0.285. The van der Waals surface area contributed by atoms with Crippen molar-refractivity contribution in [2.24, 2.45) is 0 Å². The van der Waals surface area contributed by atoms with Gasteiger partial charge in [0.25, 0.3) is 0 Å². The van der Waals surface area contributed by atoms with Crippen molar-refractivity contribution in [1.29, 1.82) is 0 Å². The minimum atomic E-state index is -1.48. The number of aliphatic carboxylic acids is 1. The summed E-state index contributed by atoms with van der Waals surface area (Å²) in [6, 6.07) is 0. The molecule has 2 N–H and O–H groups in total. The molecule has 1 atom stereocenters. The largest absolute Gasteiger partial charge is 1.00 e. The Labute approximate surface area is 80.0 Å². The number of aliphatic hydroxyl groups is 1. The minimum Gasteiger partial charge on any atom is -0.481 e. The minimum absolute atomic E-state index is 0. The van der Waals surface area contributed by atoms with E-state index in [4.69, 9.17) is 10.2 Å². The van der Waals surface area contributed by atoms with Crippen LogP contribution in [0.15, 0.2) is 0 Å². The summed E-state index contributed by atoms with van der Waals surface area (Å²) in [6.07, 6.45) is -1.48. The summed E-state index contributed by atoms with van der Waals surface area (Å²) in [6.45, 7) is 2.79. The van der Waals surface area contributed by atoms with Gasteiger partial charge < -0.3 is 17.1 Å². The predicted octanol–water partition coefficient (Wildman–Crippen LogP) is -0.627. The molecule has 0 aliphatic heterocycles. The Kier molecular flexibility index (Phi) is 15.8. The second-order valence-electron chi connectivity index (χ2n) is 0.854. The van der Waals surface area contributed by atoms with Crippen LogP contribution in [0.4, 0.5) is 0 Å². The van der Waals surface area contributed by atoms with Crippen molar-refractivity contribution in [1.82, 2.24) is 0 Å². The molecule has 0 heterocycles. The van der Waals surface area contributed by atoms with Crippen LogP contribution in [-0.2, 0) is 49.6 Å². The number of rotatable bonds is 1. The van der Waals surface area contributed by atoms with Gasteiger partial charge >= 0.3 is 52.2 Å². The molecule has 0 saturated carbocycles. The first kappa shape index (κ1) is 16.0. The first-order chi connectivity index (χ1) is 2.64. The fraction of sp³-hybridized carbons (Fsp3) is 0.333. The van der Waals surface area contributed by atoms with Gasteiger partial charge in [-0.25, -0.2) is 0 Å². The van der Waals surface area contributed by atoms with Crippen LogP contribution in [0.3, 0.4) is 0 Å². The van der Waals surface area contributed by atoms with Crippen LogP contribution in [0, 0.1) is 6.92 Å². The fourth-order valence-corrected chi connectivity index (χ4v) is 0. The zero-order valence-corrected chi connectivity index (χ0v) is 6.65. The van der Waals surface area contributed by atoms with Gasteiger partial charge in [0.2, 0.25) is 0 Å². The third kappa shape index (κ3) is 10.0. The van der Waals surface area contributed by atoms with Crippen LogP contribution < -0.4 is 0 Å². The average Bonchev–Trinajstić information content (AvgIpc) is 1.36. The van der Waals surface area contributed by atoms with E-state index in [1.165, 1.54) is 0 Å². The van der Waals surface area contributed by atoms with Gasteiger partial charge in [-0.1, -0.05) is 0 Å². The van der Waals surface area contributed by atoms with Crippen molar-refractivity contribution >= 4 is 5.97 Å². The molecule has 0 rings (SSSR count). The van der Waals surface area contributed by atoms with Gasteiger partial charge in [-0.2, -0.15) is 0 Å². The van der Waals surface area contributed by atoms with Crippen molar-refractivity contribution in [3.8, 4) is 0 Å². The molecule has 0 aliphatic rings. The van der Waals surface area contributed by atoms with Gasteiger partial charge in [0.05, 0.1) is 0 Å². The van der Waals surface area contributed by atoms with Gasteiger partial charge in [0, 0.05) is 6.10 Å². The van der Waals surface area contributed by atoms with Crippen molar-refractivity contribution in [3.63, 3.8) is 0 Å². The molecule has 0 amide bonds. The molecule has 0 radical (unpaired) electrons. The molecule has 8 heavy (non-hydrogen) atoms. The van der Waals surface area contributed by atoms with Crippen molar-refractivity contribution in [2.45, 2.75) is 6.10 Å². The van der Waals surface area contributed by atoms with E-state index in [0.29, 0.717) is 0 Å². The average molecular weight is 306 g/mol. The van der Waals surface area contributed by atoms with Gasteiger partial charge in [-0.05, 0) is 0 Å². The normalized spacial score (nSPS) is 10.2. The molecule has 0 aliphatic carbocycles.